The van der Waals surface area contributed by atoms with Crippen molar-refractivity contribution < 1.29 is 22.7 Å². The fourth-order valence-electron chi connectivity index (χ4n) is 4.18. The molecule has 3 heterocycles. The standard InChI is InChI=1S/C26H18F3N5O2/c1-34(26(30)31)25(35)22-17-9-14(16-3-2-7-33-24(16)29)4-5-20(17)36-23-18(22)10-15(11-19(23)27)13-6-8-32-21(28)12-13/h2-12,22H,1H3,(H3,30,31)/t22-/m1/s1. The highest BCUT2D eigenvalue weighted by atomic mass is 19.1. The van der Waals surface area contributed by atoms with Crippen molar-refractivity contribution in [3.05, 3.63) is 95.8 Å². The molecular weight excluding hydrogens is 471 g/mol. The second-order valence-electron chi connectivity index (χ2n) is 8.16. The van der Waals surface area contributed by atoms with E-state index in [0.29, 0.717) is 16.7 Å². The molecule has 0 saturated heterocycles. The molecule has 180 valence electrons. The van der Waals surface area contributed by atoms with Gasteiger partial charge in [0, 0.05) is 42.2 Å². The Morgan fingerprint density at radius 1 is 0.972 bits per heavy atom. The lowest BCUT2D eigenvalue weighted by atomic mass is 9.84. The van der Waals surface area contributed by atoms with E-state index in [2.05, 4.69) is 9.97 Å². The topological polar surface area (TPSA) is 105 Å². The van der Waals surface area contributed by atoms with Crippen molar-refractivity contribution in [2.75, 3.05) is 7.05 Å². The largest absolute Gasteiger partial charge is 0.454 e. The lowest BCUT2D eigenvalue weighted by molar-refractivity contribution is -0.127. The Morgan fingerprint density at radius 2 is 1.75 bits per heavy atom. The SMILES string of the molecule is CN(C(=N)N)C(=O)[C@@H]1c2cc(-c3cccnc3F)ccc2Oc2c(F)cc(-c3ccnc(F)c3)cc21. The van der Waals surface area contributed by atoms with Crippen molar-refractivity contribution in [2.45, 2.75) is 5.92 Å². The molecule has 1 aliphatic heterocycles. The van der Waals surface area contributed by atoms with Crippen LogP contribution < -0.4 is 10.5 Å². The molecule has 0 radical (unpaired) electrons. The lowest BCUT2D eigenvalue weighted by Gasteiger charge is -2.31. The molecule has 0 saturated carbocycles. The fourth-order valence-corrected chi connectivity index (χ4v) is 4.18. The van der Waals surface area contributed by atoms with E-state index in [4.69, 9.17) is 15.9 Å². The van der Waals surface area contributed by atoms with Gasteiger partial charge in [-0.05, 0) is 59.2 Å². The van der Waals surface area contributed by atoms with Gasteiger partial charge in [-0.15, -0.1) is 0 Å². The Balaban J connectivity index is 1.73. The van der Waals surface area contributed by atoms with Gasteiger partial charge in [-0.1, -0.05) is 6.07 Å². The van der Waals surface area contributed by atoms with Crippen molar-refractivity contribution in [3.8, 4) is 33.8 Å². The number of rotatable bonds is 3. The maximum atomic E-state index is 15.3. The molecule has 5 rings (SSSR count). The van der Waals surface area contributed by atoms with E-state index < -0.39 is 35.5 Å². The van der Waals surface area contributed by atoms with Crippen LogP contribution in [0.3, 0.4) is 0 Å². The number of ether oxygens (including phenoxy) is 1. The van der Waals surface area contributed by atoms with E-state index in [1.807, 2.05) is 0 Å². The Bertz CT molecular complexity index is 1540. The second-order valence-corrected chi connectivity index (χ2v) is 8.16. The predicted octanol–water partition coefficient (Wildman–Crippen LogP) is 4.82. The number of nitrogens with zero attached hydrogens (tertiary/aromatic N) is 3. The summed E-state index contributed by atoms with van der Waals surface area (Å²) in [4.78, 5) is 21.7. The third kappa shape index (κ3) is 3.92. The number of carbonyl (C=O) groups is 1. The van der Waals surface area contributed by atoms with Crippen LogP contribution in [-0.4, -0.2) is 33.8 Å². The van der Waals surface area contributed by atoms with Crippen LogP contribution in [0.5, 0.6) is 11.5 Å². The van der Waals surface area contributed by atoms with Gasteiger partial charge < -0.3 is 10.5 Å². The van der Waals surface area contributed by atoms with Crippen molar-refractivity contribution in [3.63, 3.8) is 0 Å². The number of hydrogen-bond donors (Lipinski definition) is 2. The van der Waals surface area contributed by atoms with Crippen LogP contribution in [0.2, 0.25) is 0 Å². The molecule has 0 spiro atoms. The first-order valence-corrected chi connectivity index (χ1v) is 10.7. The predicted molar refractivity (Wildman–Crippen MR) is 126 cm³/mol. The number of nitrogens with one attached hydrogen (secondary N) is 1. The average molecular weight is 489 g/mol. The van der Waals surface area contributed by atoms with Crippen LogP contribution in [0, 0.1) is 23.1 Å². The van der Waals surface area contributed by atoms with Gasteiger partial charge in [0.05, 0.1) is 5.92 Å². The van der Waals surface area contributed by atoms with Crippen LogP contribution >= 0.6 is 0 Å². The van der Waals surface area contributed by atoms with Crippen LogP contribution in [-0.2, 0) is 4.79 Å². The van der Waals surface area contributed by atoms with E-state index in [1.165, 1.54) is 49.8 Å². The van der Waals surface area contributed by atoms with Crippen molar-refractivity contribution in [1.82, 2.24) is 14.9 Å². The number of fused-ring (bicyclic) bond motifs is 2. The van der Waals surface area contributed by atoms with E-state index in [1.54, 1.807) is 18.2 Å². The van der Waals surface area contributed by atoms with Gasteiger partial charge in [0.2, 0.25) is 17.8 Å². The Labute approximate surface area is 203 Å². The molecule has 0 fully saturated rings. The zero-order chi connectivity index (χ0) is 25.6. The van der Waals surface area contributed by atoms with Gasteiger partial charge in [0.1, 0.15) is 5.75 Å². The van der Waals surface area contributed by atoms with Gasteiger partial charge >= 0.3 is 0 Å². The molecular formula is C26H18F3N5O2. The Morgan fingerprint density at radius 3 is 2.47 bits per heavy atom. The van der Waals surface area contributed by atoms with Gasteiger partial charge in [0.25, 0.3) is 0 Å². The summed E-state index contributed by atoms with van der Waals surface area (Å²) in [5, 5.41) is 7.74. The van der Waals surface area contributed by atoms with Gasteiger partial charge in [0.15, 0.2) is 17.5 Å². The monoisotopic (exact) mass is 489 g/mol. The first-order chi connectivity index (χ1) is 17.2. The molecule has 4 aromatic rings. The Kier molecular flexibility index (Phi) is 5.63. The number of pyridine rings is 2. The summed E-state index contributed by atoms with van der Waals surface area (Å²) in [6, 6.07) is 13.1. The molecule has 36 heavy (non-hydrogen) atoms. The summed E-state index contributed by atoms with van der Waals surface area (Å²) in [6.07, 6.45) is 2.56. The lowest BCUT2D eigenvalue weighted by Crippen LogP contribution is -2.41. The number of carbonyl (C=O) groups excluding carboxylic acids is 1. The summed E-state index contributed by atoms with van der Waals surface area (Å²) in [5.74, 6) is -4.52. The molecule has 1 amide bonds. The molecule has 0 aliphatic carbocycles. The summed E-state index contributed by atoms with van der Waals surface area (Å²) < 4.78 is 49.3. The third-order valence-corrected chi connectivity index (χ3v) is 5.99. The summed E-state index contributed by atoms with van der Waals surface area (Å²) in [7, 11) is 1.32. The number of halogens is 3. The van der Waals surface area contributed by atoms with Crippen molar-refractivity contribution in [2.24, 2.45) is 5.73 Å². The average Bonchev–Trinajstić information content (AvgIpc) is 2.86. The highest BCUT2D eigenvalue weighted by Crippen LogP contribution is 2.48. The van der Waals surface area contributed by atoms with Gasteiger partial charge in [-0.25, -0.2) is 14.4 Å². The molecule has 7 nitrogen and oxygen atoms in total. The van der Waals surface area contributed by atoms with Crippen LogP contribution in [0.1, 0.15) is 17.0 Å². The molecule has 0 bridgehead atoms. The molecule has 3 N–H and O–H groups in total. The minimum Gasteiger partial charge on any atom is -0.454 e. The minimum absolute atomic E-state index is 0.150. The zero-order valence-electron chi connectivity index (χ0n) is 18.8. The van der Waals surface area contributed by atoms with Gasteiger partial charge in [-0.2, -0.15) is 8.78 Å². The quantitative estimate of drug-likeness (QED) is 0.244. The maximum Gasteiger partial charge on any atom is 0.241 e. The van der Waals surface area contributed by atoms with E-state index in [0.717, 1.165) is 11.0 Å². The number of benzene rings is 2. The number of aromatic nitrogens is 2. The molecule has 2 aromatic carbocycles. The summed E-state index contributed by atoms with van der Waals surface area (Å²) >= 11 is 0. The van der Waals surface area contributed by atoms with Gasteiger partial charge in [-0.3, -0.25) is 15.1 Å². The van der Waals surface area contributed by atoms with E-state index in [9.17, 15) is 13.6 Å². The number of guanidine groups is 1. The highest BCUT2D eigenvalue weighted by molar-refractivity contribution is 6.01. The normalized spacial score (nSPS) is 13.8. The third-order valence-electron chi connectivity index (χ3n) is 5.99. The molecule has 10 heteroatoms. The highest BCUT2D eigenvalue weighted by Gasteiger charge is 2.37. The van der Waals surface area contributed by atoms with Crippen LogP contribution in [0.15, 0.2) is 67.0 Å². The van der Waals surface area contributed by atoms with E-state index >= 15 is 4.39 Å². The number of hydrogen-bond acceptors (Lipinski definition) is 5. The molecule has 1 aliphatic rings. The number of likely N-dealkylation sites (N-methyl/N-ethyl adjacent to an activating group) is 1. The van der Waals surface area contributed by atoms with Crippen molar-refractivity contribution >= 4 is 11.9 Å². The molecule has 1 atom stereocenters. The Hall–Kier alpha value is -4.73. The summed E-state index contributed by atoms with van der Waals surface area (Å²) in [6.45, 7) is 0. The van der Waals surface area contributed by atoms with E-state index in [-0.39, 0.29) is 28.2 Å². The number of amides is 1. The summed E-state index contributed by atoms with van der Waals surface area (Å²) in [5.41, 5.74) is 7.28. The van der Waals surface area contributed by atoms with Crippen LogP contribution in [0.4, 0.5) is 13.2 Å². The first kappa shape index (κ1) is 23.0. The van der Waals surface area contributed by atoms with Crippen molar-refractivity contribution in [1.29, 1.82) is 5.41 Å². The maximum absolute atomic E-state index is 15.3. The van der Waals surface area contributed by atoms with Crippen LogP contribution in [0.25, 0.3) is 22.3 Å². The second kappa shape index (κ2) is 8.81. The molecule has 2 aromatic heterocycles. The minimum atomic E-state index is -1.15. The fraction of sp³-hybridized carbons (Fsp3) is 0.0769. The first-order valence-electron chi connectivity index (χ1n) is 10.7. The molecule has 0 unspecified atom stereocenters. The number of nitrogens with two attached hydrogens (primary N) is 1. The smallest absolute Gasteiger partial charge is 0.241 e. The zero-order valence-corrected chi connectivity index (χ0v) is 18.8.